The van der Waals surface area contributed by atoms with E-state index in [0.29, 0.717) is 6.61 Å². The van der Waals surface area contributed by atoms with Gasteiger partial charge in [-0.25, -0.2) is 0 Å². The summed E-state index contributed by atoms with van der Waals surface area (Å²) in [6.45, 7) is 5.04. The maximum atomic E-state index is 5.75. The van der Waals surface area contributed by atoms with Crippen LogP contribution < -0.4 is 10.1 Å². The molecule has 0 saturated carbocycles. The molecule has 130 valence electrons. The molecular formula is C18H27N5O. The fourth-order valence-electron chi connectivity index (χ4n) is 2.28. The summed E-state index contributed by atoms with van der Waals surface area (Å²) in [5.74, 6) is 1.79. The van der Waals surface area contributed by atoms with Gasteiger partial charge in [-0.15, -0.1) is 0 Å². The molecule has 0 atom stereocenters. The smallest absolute Gasteiger partial charge is 0.193 e. The van der Waals surface area contributed by atoms with Crippen LogP contribution in [-0.2, 0) is 13.5 Å². The number of hydrogen-bond donors (Lipinski definition) is 1. The van der Waals surface area contributed by atoms with Gasteiger partial charge in [0.05, 0.1) is 12.7 Å². The minimum atomic E-state index is 0.619. The summed E-state index contributed by atoms with van der Waals surface area (Å²) in [5.41, 5.74) is 1.20. The lowest BCUT2D eigenvalue weighted by Crippen LogP contribution is -2.41. The van der Waals surface area contributed by atoms with Crippen LogP contribution in [0.4, 0.5) is 0 Å². The average molecular weight is 329 g/mol. The molecule has 24 heavy (non-hydrogen) atoms. The number of guanidine groups is 1. The first-order valence-corrected chi connectivity index (χ1v) is 8.34. The molecule has 0 aliphatic heterocycles. The molecule has 2 aromatic rings. The van der Waals surface area contributed by atoms with Gasteiger partial charge in [-0.05, 0) is 31.0 Å². The van der Waals surface area contributed by atoms with Crippen LogP contribution in [0.25, 0.3) is 0 Å². The molecule has 1 aromatic carbocycles. The van der Waals surface area contributed by atoms with E-state index < -0.39 is 0 Å². The third-order valence-corrected chi connectivity index (χ3v) is 3.56. The topological polar surface area (TPSA) is 54.7 Å². The molecule has 1 N–H and O–H groups in total. The number of hydrogen-bond acceptors (Lipinski definition) is 3. The number of nitrogens with one attached hydrogen (secondary N) is 1. The molecule has 0 unspecified atom stereocenters. The maximum absolute atomic E-state index is 5.75. The van der Waals surface area contributed by atoms with Crippen LogP contribution in [0.1, 0.15) is 12.5 Å². The van der Waals surface area contributed by atoms with Crippen LogP contribution in [0.3, 0.4) is 0 Å². The van der Waals surface area contributed by atoms with Gasteiger partial charge >= 0.3 is 0 Å². The first kappa shape index (κ1) is 17.8. The zero-order valence-corrected chi connectivity index (χ0v) is 14.8. The Bertz CT molecular complexity index is 623. The van der Waals surface area contributed by atoms with Crippen LogP contribution in [0.15, 0.2) is 47.7 Å². The zero-order chi connectivity index (χ0) is 17.2. The number of para-hydroxylation sites is 1. The van der Waals surface area contributed by atoms with Gasteiger partial charge < -0.3 is 15.0 Å². The van der Waals surface area contributed by atoms with Gasteiger partial charge in [-0.2, -0.15) is 5.10 Å². The summed E-state index contributed by atoms with van der Waals surface area (Å²) in [6, 6.07) is 9.86. The first-order valence-electron chi connectivity index (χ1n) is 8.34. The van der Waals surface area contributed by atoms with E-state index >= 15 is 0 Å². The van der Waals surface area contributed by atoms with Crippen LogP contribution >= 0.6 is 0 Å². The standard InChI is InChI=1S/C18H27N5O/c1-4-19-18(20-11-10-16-14-21-23(3)15-16)22(2)12-13-24-17-8-6-5-7-9-17/h5-9,14-15H,4,10-13H2,1-3H3,(H,19,20). The number of likely N-dealkylation sites (N-methyl/N-ethyl adjacent to an activating group) is 1. The molecule has 0 aliphatic carbocycles. The quantitative estimate of drug-likeness (QED) is 0.594. The van der Waals surface area contributed by atoms with Crippen LogP contribution in [0.5, 0.6) is 5.75 Å². The molecule has 6 heteroatoms. The Kier molecular flexibility index (Phi) is 7.14. The SMILES string of the molecule is CCNC(=NCCc1cnn(C)c1)N(C)CCOc1ccccc1. The predicted octanol–water partition coefficient (Wildman–Crippen LogP) is 1.94. The lowest BCUT2D eigenvalue weighted by atomic mass is 10.3. The van der Waals surface area contributed by atoms with Crippen LogP contribution in [0, 0.1) is 0 Å². The van der Waals surface area contributed by atoms with Gasteiger partial charge in [0, 0.05) is 33.4 Å². The number of nitrogens with zero attached hydrogens (tertiary/aromatic N) is 4. The number of ether oxygens (including phenoxy) is 1. The van der Waals surface area contributed by atoms with Crippen molar-refractivity contribution < 1.29 is 4.74 Å². The van der Waals surface area contributed by atoms with Crippen molar-refractivity contribution >= 4 is 5.96 Å². The van der Waals surface area contributed by atoms with Gasteiger partial charge in [-0.3, -0.25) is 9.67 Å². The number of aryl methyl sites for hydroxylation is 1. The highest BCUT2D eigenvalue weighted by Crippen LogP contribution is 2.07. The molecule has 6 nitrogen and oxygen atoms in total. The summed E-state index contributed by atoms with van der Waals surface area (Å²) < 4.78 is 7.56. The monoisotopic (exact) mass is 329 g/mol. The van der Waals surface area contributed by atoms with Gasteiger partial charge in [0.15, 0.2) is 5.96 Å². The second-order valence-corrected chi connectivity index (χ2v) is 5.59. The molecule has 0 amide bonds. The summed E-state index contributed by atoms with van der Waals surface area (Å²) in [4.78, 5) is 6.78. The van der Waals surface area contributed by atoms with E-state index in [1.165, 1.54) is 5.56 Å². The van der Waals surface area contributed by atoms with Crippen molar-refractivity contribution in [3.8, 4) is 5.75 Å². The summed E-state index contributed by atoms with van der Waals surface area (Å²) in [7, 11) is 3.96. The highest BCUT2D eigenvalue weighted by Gasteiger charge is 2.06. The second-order valence-electron chi connectivity index (χ2n) is 5.59. The molecule has 0 spiro atoms. The summed E-state index contributed by atoms with van der Waals surface area (Å²) in [5, 5.41) is 7.50. The van der Waals surface area contributed by atoms with Gasteiger partial charge in [0.2, 0.25) is 0 Å². The number of rotatable bonds is 8. The lowest BCUT2D eigenvalue weighted by Gasteiger charge is -2.22. The number of aromatic nitrogens is 2. The molecule has 2 rings (SSSR count). The van der Waals surface area contributed by atoms with Crippen molar-refractivity contribution in [3.63, 3.8) is 0 Å². The van der Waals surface area contributed by atoms with E-state index in [1.807, 2.05) is 61.5 Å². The predicted molar refractivity (Wildman–Crippen MR) is 97.5 cm³/mol. The number of benzene rings is 1. The minimum absolute atomic E-state index is 0.619. The van der Waals surface area contributed by atoms with Crippen LogP contribution in [-0.4, -0.2) is 53.9 Å². The first-order chi connectivity index (χ1) is 11.7. The van der Waals surface area contributed by atoms with Crippen molar-refractivity contribution in [2.24, 2.45) is 12.0 Å². The van der Waals surface area contributed by atoms with Crippen molar-refractivity contribution in [3.05, 3.63) is 48.3 Å². The van der Waals surface area contributed by atoms with Crippen LogP contribution in [0.2, 0.25) is 0 Å². The van der Waals surface area contributed by atoms with E-state index in [-0.39, 0.29) is 0 Å². The molecule has 0 aliphatic rings. The van der Waals surface area contributed by atoms with Crippen molar-refractivity contribution in [2.75, 3.05) is 33.3 Å². The zero-order valence-electron chi connectivity index (χ0n) is 14.8. The fourth-order valence-corrected chi connectivity index (χ4v) is 2.28. The molecule has 1 aromatic heterocycles. The highest BCUT2D eigenvalue weighted by atomic mass is 16.5. The van der Waals surface area contributed by atoms with Crippen molar-refractivity contribution in [2.45, 2.75) is 13.3 Å². The van der Waals surface area contributed by atoms with E-state index in [4.69, 9.17) is 4.74 Å². The van der Waals surface area contributed by atoms with Gasteiger partial charge in [0.1, 0.15) is 12.4 Å². The summed E-state index contributed by atoms with van der Waals surface area (Å²) >= 11 is 0. The third kappa shape index (κ3) is 5.95. The molecule has 0 bridgehead atoms. The van der Waals surface area contributed by atoms with E-state index in [1.54, 1.807) is 0 Å². The van der Waals surface area contributed by atoms with E-state index in [0.717, 1.165) is 37.8 Å². The van der Waals surface area contributed by atoms with Gasteiger partial charge in [-0.1, -0.05) is 18.2 Å². The minimum Gasteiger partial charge on any atom is -0.492 e. The largest absolute Gasteiger partial charge is 0.492 e. The molecular weight excluding hydrogens is 302 g/mol. The Balaban J connectivity index is 1.80. The molecule has 0 saturated heterocycles. The maximum Gasteiger partial charge on any atom is 0.193 e. The Morgan fingerprint density at radius 3 is 2.79 bits per heavy atom. The Labute approximate surface area is 144 Å². The third-order valence-electron chi connectivity index (χ3n) is 3.56. The Morgan fingerprint density at radius 1 is 1.33 bits per heavy atom. The van der Waals surface area contributed by atoms with E-state index in [9.17, 15) is 0 Å². The average Bonchev–Trinajstić information content (AvgIpc) is 3.00. The second kappa shape index (κ2) is 9.60. The van der Waals surface area contributed by atoms with Gasteiger partial charge in [0.25, 0.3) is 0 Å². The Hall–Kier alpha value is -2.50. The highest BCUT2D eigenvalue weighted by molar-refractivity contribution is 5.79. The van der Waals surface area contributed by atoms with Crippen molar-refractivity contribution in [1.29, 1.82) is 0 Å². The summed E-state index contributed by atoms with van der Waals surface area (Å²) in [6.07, 6.45) is 4.80. The van der Waals surface area contributed by atoms with Crippen molar-refractivity contribution in [1.82, 2.24) is 20.0 Å². The molecule has 1 heterocycles. The molecule has 0 radical (unpaired) electrons. The normalized spacial score (nSPS) is 11.4. The van der Waals surface area contributed by atoms with E-state index in [2.05, 4.69) is 27.2 Å². The Morgan fingerprint density at radius 2 is 2.12 bits per heavy atom. The lowest BCUT2D eigenvalue weighted by molar-refractivity contribution is 0.281. The fraction of sp³-hybridized carbons (Fsp3) is 0.444. The molecule has 0 fully saturated rings. The number of aliphatic imine (C=N–C) groups is 1.